The summed E-state index contributed by atoms with van der Waals surface area (Å²) in [6.07, 6.45) is -1.21. The Bertz CT molecular complexity index is 917. The van der Waals surface area contributed by atoms with Gasteiger partial charge in [0.05, 0.1) is 11.3 Å². The number of rotatable bonds is 7. The van der Waals surface area contributed by atoms with Gasteiger partial charge in [0.1, 0.15) is 11.6 Å². The van der Waals surface area contributed by atoms with E-state index in [1.165, 1.54) is 19.1 Å². The standard InChI is InChI=1S/C21H23F2N3O4/c1-12(2)25-21(29)24-11-14-4-6-15(7-5-14)20(28)30-13(3)19(27)26-18-9-8-16(22)10-17(18)23/h4-10,12-13H,11H2,1-3H3,(H,26,27)(H2,24,25,29)/t13-/m0/s1. The largest absolute Gasteiger partial charge is 0.449 e. The van der Waals surface area contributed by atoms with Crippen molar-refractivity contribution in [3.63, 3.8) is 0 Å². The molecule has 30 heavy (non-hydrogen) atoms. The van der Waals surface area contributed by atoms with Crippen molar-refractivity contribution in [1.82, 2.24) is 10.6 Å². The van der Waals surface area contributed by atoms with Crippen LogP contribution in [0.5, 0.6) is 0 Å². The Balaban J connectivity index is 1.88. The summed E-state index contributed by atoms with van der Waals surface area (Å²) in [4.78, 5) is 35.9. The smallest absolute Gasteiger partial charge is 0.338 e. The number of carbonyl (C=O) groups is 3. The number of carbonyl (C=O) groups excluding carboxylic acids is 3. The minimum Gasteiger partial charge on any atom is -0.449 e. The SMILES string of the molecule is CC(C)NC(=O)NCc1ccc(C(=O)O[C@@H](C)C(=O)Nc2ccc(F)cc2F)cc1. The van der Waals surface area contributed by atoms with E-state index >= 15 is 0 Å². The van der Waals surface area contributed by atoms with E-state index < -0.39 is 29.6 Å². The number of amides is 3. The average molecular weight is 419 g/mol. The van der Waals surface area contributed by atoms with Crippen LogP contribution in [-0.2, 0) is 16.1 Å². The van der Waals surface area contributed by atoms with Crippen LogP contribution in [0.2, 0.25) is 0 Å². The summed E-state index contributed by atoms with van der Waals surface area (Å²) in [6, 6.07) is 8.72. The molecule has 3 amide bonds. The molecule has 3 N–H and O–H groups in total. The van der Waals surface area contributed by atoms with Crippen LogP contribution in [0.15, 0.2) is 42.5 Å². The topological polar surface area (TPSA) is 96.5 Å². The molecule has 9 heteroatoms. The van der Waals surface area contributed by atoms with Gasteiger partial charge in [0.2, 0.25) is 0 Å². The maximum atomic E-state index is 13.6. The Morgan fingerprint density at radius 3 is 2.27 bits per heavy atom. The highest BCUT2D eigenvalue weighted by atomic mass is 19.1. The number of hydrogen-bond donors (Lipinski definition) is 3. The number of nitrogens with one attached hydrogen (secondary N) is 3. The summed E-state index contributed by atoms with van der Waals surface area (Å²) in [5.41, 5.74) is 0.753. The van der Waals surface area contributed by atoms with Crippen LogP contribution in [0.4, 0.5) is 19.3 Å². The molecule has 2 aromatic rings. The van der Waals surface area contributed by atoms with Crippen LogP contribution < -0.4 is 16.0 Å². The summed E-state index contributed by atoms with van der Waals surface area (Å²) < 4.78 is 31.6. The molecule has 0 aromatic heterocycles. The quantitative estimate of drug-likeness (QED) is 0.600. The first-order chi connectivity index (χ1) is 14.2. The molecule has 0 radical (unpaired) electrons. The van der Waals surface area contributed by atoms with Crippen molar-refractivity contribution in [2.24, 2.45) is 0 Å². The van der Waals surface area contributed by atoms with Crippen molar-refractivity contribution in [3.8, 4) is 0 Å². The normalized spacial score (nSPS) is 11.5. The molecule has 0 heterocycles. The second-order valence-corrected chi connectivity index (χ2v) is 6.84. The molecule has 160 valence electrons. The van der Waals surface area contributed by atoms with Crippen molar-refractivity contribution < 1.29 is 27.9 Å². The molecule has 0 saturated heterocycles. The molecule has 0 unspecified atom stereocenters. The molecule has 7 nitrogen and oxygen atoms in total. The third-order valence-electron chi connectivity index (χ3n) is 3.90. The highest BCUT2D eigenvalue weighted by Crippen LogP contribution is 2.16. The molecular weight excluding hydrogens is 396 g/mol. The van der Waals surface area contributed by atoms with Crippen LogP contribution in [-0.4, -0.2) is 30.1 Å². The summed E-state index contributed by atoms with van der Waals surface area (Å²) in [5.74, 6) is -3.21. The van der Waals surface area contributed by atoms with Gasteiger partial charge in [-0.15, -0.1) is 0 Å². The van der Waals surface area contributed by atoms with Crippen molar-refractivity contribution in [1.29, 1.82) is 0 Å². The highest BCUT2D eigenvalue weighted by Gasteiger charge is 2.20. The van der Waals surface area contributed by atoms with Crippen LogP contribution in [0.25, 0.3) is 0 Å². The summed E-state index contributed by atoms with van der Waals surface area (Å²) in [6.45, 7) is 5.30. The van der Waals surface area contributed by atoms with E-state index in [0.29, 0.717) is 6.07 Å². The number of ether oxygens (including phenoxy) is 1. The molecule has 0 bridgehead atoms. The third kappa shape index (κ3) is 6.84. The minimum absolute atomic E-state index is 0.0147. The van der Waals surface area contributed by atoms with Crippen molar-refractivity contribution in [2.45, 2.75) is 39.5 Å². The monoisotopic (exact) mass is 419 g/mol. The highest BCUT2D eigenvalue weighted by molar-refractivity contribution is 5.97. The first kappa shape index (κ1) is 22.8. The molecule has 0 aliphatic heterocycles. The van der Waals surface area contributed by atoms with E-state index in [-0.39, 0.29) is 29.9 Å². The Labute approximate surface area is 172 Å². The van der Waals surface area contributed by atoms with Gasteiger partial charge >= 0.3 is 12.0 Å². The van der Waals surface area contributed by atoms with E-state index in [1.807, 2.05) is 13.8 Å². The minimum atomic E-state index is -1.21. The third-order valence-corrected chi connectivity index (χ3v) is 3.90. The number of hydrogen-bond acceptors (Lipinski definition) is 4. The maximum Gasteiger partial charge on any atom is 0.338 e. The Morgan fingerprint density at radius 1 is 1.00 bits per heavy atom. The molecule has 0 saturated carbocycles. The molecule has 0 fully saturated rings. The maximum absolute atomic E-state index is 13.6. The van der Waals surface area contributed by atoms with Gasteiger partial charge in [0, 0.05) is 18.7 Å². The van der Waals surface area contributed by atoms with Gasteiger partial charge < -0.3 is 20.7 Å². The van der Waals surface area contributed by atoms with Crippen LogP contribution in [0, 0.1) is 11.6 Å². The van der Waals surface area contributed by atoms with Crippen molar-refractivity contribution in [2.75, 3.05) is 5.32 Å². The van der Waals surface area contributed by atoms with Gasteiger partial charge in [-0.25, -0.2) is 18.4 Å². The van der Waals surface area contributed by atoms with Crippen LogP contribution in [0.1, 0.15) is 36.7 Å². The molecule has 1 atom stereocenters. The van der Waals surface area contributed by atoms with Gasteiger partial charge in [-0.2, -0.15) is 0 Å². The Hall–Kier alpha value is -3.49. The molecule has 2 rings (SSSR count). The number of urea groups is 1. The Kier molecular flexibility index (Phi) is 7.85. The number of esters is 1. The lowest BCUT2D eigenvalue weighted by molar-refractivity contribution is -0.123. The lowest BCUT2D eigenvalue weighted by Gasteiger charge is -2.14. The van der Waals surface area contributed by atoms with Gasteiger partial charge in [-0.05, 0) is 50.6 Å². The van der Waals surface area contributed by atoms with Crippen LogP contribution >= 0.6 is 0 Å². The van der Waals surface area contributed by atoms with Gasteiger partial charge in [-0.3, -0.25) is 4.79 Å². The van der Waals surface area contributed by atoms with Gasteiger partial charge in [0.15, 0.2) is 6.10 Å². The zero-order valence-corrected chi connectivity index (χ0v) is 16.8. The summed E-state index contributed by atoms with van der Waals surface area (Å²) in [7, 11) is 0. The summed E-state index contributed by atoms with van der Waals surface area (Å²) >= 11 is 0. The Morgan fingerprint density at radius 2 is 1.67 bits per heavy atom. The van der Waals surface area contributed by atoms with E-state index in [0.717, 1.165) is 17.7 Å². The second kappa shape index (κ2) is 10.3. The van der Waals surface area contributed by atoms with Gasteiger partial charge in [-0.1, -0.05) is 12.1 Å². The fourth-order valence-electron chi connectivity index (χ4n) is 2.36. The number of halogens is 2. The average Bonchev–Trinajstić information content (AvgIpc) is 2.68. The second-order valence-electron chi connectivity index (χ2n) is 6.84. The van der Waals surface area contributed by atoms with E-state index in [9.17, 15) is 23.2 Å². The molecule has 0 spiro atoms. The fourth-order valence-corrected chi connectivity index (χ4v) is 2.36. The number of anilines is 1. The predicted octanol–water partition coefficient (Wildman–Crippen LogP) is 3.36. The molecule has 0 aliphatic carbocycles. The molecular formula is C21H23F2N3O4. The lowest BCUT2D eigenvalue weighted by Crippen LogP contribution is -2.39. The van der Waals surface area contributed by atoms with E-state index in [4.69, 9.17) is 4.74 Å². The first-order valence-electron chi connectivity index (χ1n) is 9.26. The van der Waals surface area contributed by atoms with E-state index in [1.54, 1.807) is 12.1 Å². The summed E-state index contributed by atoms with van der Waals surface area (Å²) in [5, 5.41) is 7.62. The zero-order valence-electron chi connectivity index (χ0n) is 16.8. The van der Waals surface area contributed by atoms with E-state index in [2.05, 4.69) is 16.0 Å². The van der Waals surface area contributed by atoms with Crippen molar-refractivity contribution >= 4 is 23.6 Å². The zero-order chi connectivity index (χ0) is 22.3. The first-order valence-corrected chi connectivity index (χ1v) is 9.26. The van der Waals surface area contributed by atoms with Crippen LogP contribution in [0.3, 0.4) is 0 Å². The fraction of sp³-hybridized carbons (Fsp3) is 0.286. The molecule has 0 aliphatic rings. The van der Waals surface area contributed by atoms with Crippen molar-refractivity contribution in [3.05, 3.63) is 65.2 Å². The van der Waals surface area contributed by atoms with Gasteiger partial charge in [0.25, 0.3) is 5.91 Å². The lowest BCUT2D eigenvalue weighted by atomic mass is 10.1. The molecule has 2 aromatic carbocycles. The number of benzene rings is 2. The predicted molar refractivity (Wildman–Crippen MR) is 107 cm³/mol.